The molecule has 0 aromatic heterocycles. The van der Waals surface area contributed by atoms with Crippen LogP contribution in [0.15, 0.2) is 66.7 Å². The maximum absolute atomic E-state index is 12.5. The maximum Gasteiger partial charge on any atom is 0.251 e. The van der Waals surface area contributed by atoms with Crippen LogP contribution in [0.4, 0.5) is 0 Å². The minimum atomic E-state index is -0.104. The fraction of sp³-hybridized carbons (Fsp3) is 0.200. The molecule has 4 rings (SSSR count). The van der Waals surface area contributed by atoms with E-state index in [4.69, 9.17) is 14.7 Å². The van der Waals surface area contributed by atoms with Crippen LogP contribution in [0, 0.1) is 11.3 Å². The molecule has 0 saturated heterocycles. The lowest BCUT2D eigenvalue weighted by Crippen LogP contribution is -2.25. The van der Waals surface area contributed by atoms with Crippen LogP contribution in [0.3, 0.4) is 0 Å². The molecule has 5 nitrogen and oxygen atoms in total. The fourth-order valence-electron chi connectivity index (χ4n) is 3.44. The lowest BCUT2D eigenvalue weighted by molar-refractivity contribution is 0.0954. The molecule has 0 aliphatic carbocycles. The Labute approximate surface area is 175 Å². The monoisotopic (exact) mass is 398 g/mol. The Morgan fingerprint density at radius 3 is 2.87 bits per heavy atom. The largest absolute Gasteiger partial charge is 0.493 e. The van der Waals surface area contributed by atoms with Crippen molar-refractivity contribution in [2.75, 3.05) is 13.2 Å². The number of nitrogens with one attached hydrogen (secondary N) is 1. The van der Waals surface area contributed by atoms with Gasteiger partial charge in [0.05, 0.1) is 18.2 Å². The molecule has 0 bridgehead atoms. The molecule has 5 heteroatoms. The molecule has 1 aliphatic rings. The summed E-state index contributed by atoms with van der Waals surface area (Å²) in [6, 6.07) is 22.7. The van der Waals surface area contributed by atoms with Crippen molar-refractivity contribution in [3.8, 4) is 17.6 Å². The predicted molar refractivity (Wildman–Crippen MR) is 114 cm³/mol. The van der Waals surface area contributed by atoms with Crippen molar-refractivity contribution in [1.29, 1.82) is 5.26 Å². The van der Waals surface area contributed by atoms with E-state index >= 15 is 0 Å². The first-order chi connectivity index (χ1) is 14.7. The number of nitriles is 1. The van der Waals surface area contributed by atoms with Crippen molar-refractivity contribution in [2.24, 2.45) is 0 Å². The Balaban J connectivity index is 1.30. The topological polar surface area (TPSA) is 71.3 Å². The number of amides is 1. The Kier molecular flexibility index (Phi) is 5.95. The number of carbonyl (C=O) groups is 1. The van der Waals surface area contributed by atoms with Crippen LogP contribution in [-0.4, -0.2) is 19.1 Å². The minimum absolute atomic E-state index is 0.104. The summed E-state index contributed by atoms with van der Waals surface area (Å²) in [6.07, 6.45) is 1.72. The number of fused-ring (bicyclic) bond motifs is 1. The Hall–Kier alpha value is -3.78. The van der Waals surface area contributed by atoms with Gasteiger partial charge in [-0.3, -0.25) is 4.79 Å². The van der Waals surface area contributed by atoms with E-state index in [1.54, 1.807) is 24.3 Å². The molecule has 0 unspecified atom stereocenters. The average molecular weight is 398 g/mol. The molecule has 0 saturated carbocycles. The summed E-state index contributed by atoms with van der Waals surface area (Å²) in [4.78, 5) is 12.5. The first kappa shape index (κ1) is 19.5. The third kappa shape index (κ3) is 4.79. The van der Waals surface area contributed by atoms with Gasteiger partial charge in [0.2, 0.25) is 0 Å². The van der Waals surface area contributed by atoms with Gasteiger partial charge in [-0.25, -0.2) is 0 Å². The normalized spacial score (nSPS) is 11.8. The van der Waals surface area contributed by atoms with Gasteiger partial charge >= 0.3 is 0 Å². The number of rotatable bonds is 7. The highest BCUT2D eigenvalue weighted by Crippen LogP contribution is 2.25. The van der Waals surface area contributed by atoms with Crippen LogP contribution < -0.4 is 14.8 Å². The first-order valence-electron chi connectivity index (χ1n) is 9.96. The van der Waals surface area contributed by atoms with E-state index < -0.39 is 0 Å². The molecule has 0 spiro atoms. The summed E-state index contributed by atoms with van der Waals surface area (Å²) < 4.78 is 11.3. The second-order valence-electron chi connectivity index (χ2n) is 7.18. The molecular weight excluding hydrogens is 376 g/mol. The molecule has 0 radical (unpaired) electrons. The van der Waals surface area contributed by atoms with Gasteiger partial charge in [0.1, 0.15) is 18.1 Å². The highest BCUT2D eigenvalue weighted by atomic mass is 16.5. The van der Waals surface area contributed by atoms with Crippen molar-refractivity contribution in [2.45, 2.75) is 19.4 Å². The molecule has 1 heterocycles. The highest BCUT2D eigenvalue weighted by Gasteiger charge is 2.12. The highest BCUT2D eigenvalue weighted by molar-refractivity contribution is 5.94. The van der Waals surface area contributed by atoms with E-state index in [1.807, 2.05) is 30.3 Å². The number of hydrogen-bond donors (Lipinski definition) is 1. The molecule has 1 aliphatic heterocycles. The first-order valence-corrected chi connectivity index (χ1v) is 9.96. The molecule has 3 aromatic rings. The molecule has 150 valence electrons. The van der Waals surface area contributed by atoms with Crippen LogP contribution in [0.1, 0.15) is 32.6 Å². The van der Waals surface area contributed by atoms with Gasteiger partial charge in [-0.15, -0.1) is 0 Å². The van der Waals surface area contributed by atoms with Crippen LogP contribution in [0.5, 0.6) is 11.5 Å². The van der Waals surface area contributed by atoms with Gasteiger partial charge in [-0.1, -0.05) is 30.3 Å². The average Bonchev–Trinajstić information content (AvgIpc) is 3.26. The third-order valence-corrected chi connectivity index (χ3v) is 5.01. The number of benzene rings is 3. The smallest absolute Gasteiger partial charge is 0.251 e. The standard InChI is InChI=1S/C25H22N2O3/c26-16-19-3-2-6-23(15-19)30-17-20-4-1-5-22(14-20)25(28)27-11-9-18-7-8-24-21(13-18)10-12-29-24/h1-8,13-15H,9-12,17H2,(H,27,28). The van der Waals surface area contributed by atoms with Gasteiger partial charge in [-0.2, -0.15) is 5.26 Å². The van der Waals surface area contributed by atoms with E-state index in [-0.39, 0.29) is 5.91 Å². The zero-order valence-corrected chi connectivity index (χ0v) is 16.6. The van der Waals surface area contributed by atoms with Crippen LogP contribution in [0.25, 0.3) is 0 Å². The van der Waals surface area contributed by atoms with Gasteiger partial charge in [0.25, 0.3) is 5.91 Å². The number of carbonyl (C=O) groups excluding carboxylic acids is 1. The molecule has 0 atom stereocenters. The van der Waals surface area contributed by atoms with E-state index in [0.29, 0.717) is 30.0 Å². The number of nitrogens with zero attached hydrogens (tertiary/aromatic N) is 1. The zero-order valence-electron chi connectivity index (χ0n) is 16.6. The van der Waals surface area contributed by atoms with Crippen molar-refractivity contribution in [3.63, 3.8) is 0 Å². The lowest BCUT2D eigenvalue weighted by atomic mass is 10.1. The Morgan fingerprint density at radius 1 is 1.07 bits per heavy atom. The Bertz CT molecular complexity index is 1100. The van der Waals surface area contributed by atoms with E-state index in [9.17, 15) is 4.79 Å². The van der Waals surface area contributed by atoms with Crippen molar-refractivity contribution in [1.82, 2.24) is 5.32 Å². The van der Waals surface area contributed by atoms with Crippen LogP contribution in [0.2, 0.25) is 0 Å². The molecular formula is C25H22N2O3. The van der Waals surface area contributed by atoms with Crippen molar-refractivity contribution in [3.05, 3.63) is 94.5 Å². The SMILES string of the molecule is N#Cc1cccc(OCc2cccc(C(=O)NCCc3ccc4c(c3)CCO4)c2)c1. The number of ether oxygens (including phenoxy) is 2. The van der Waals surface area contributed by atoms with E-state index in [0.717, 1.165) is 30.8 Å². The molecule has 0 fully saturated rings. The summed E-state index contributed by atoms with van der Waals surface area (Å²) in [7, 11) is 0. The number of hydrogen-bond acceptors (Lipinski definition) is 4. The molecule has 30 heavy (non-hydrogen) atoms. The second-order valence-corrected chi connectivity index (χ2v) is 7.18. The van der Waals surface area contributed by atoms with E-state index in [1.165, 1.54) is 11.1 Å². The zero-order chi connectivity index (χ0) is 20.8. The molecule has 1 amide bonds. The van der Waals surface area contributed by atoms with Gasteiger partial charge in [0.15, 0.2) is 0 Å². The summed E-state index contributed by atoms with van der Waals surface area (Å²) in [5, 5.41) is 12.0. The van der Waals surface area contributed by atoms with Crippen LogP contribution >= 0.6 is 0 Å². The van der Waals surface area contributed by atoms with Gasteiger partial charge in [-0.05, 0) is 59.5 Å². The summed E-state index contributed by atoms with van der Waals surface area (Å²) in [5.74, 6) is 1.50. The maximum atomic E-state index is 12.5. The third-order valence-electron chi connectivity index (χ3n) is 5.01. The van der Waals surface area contributed by atoms with Crippen molar-refractivity contribution >= 4 is 5.91 Å². The lowest BCUT2D eigenvalue weighted by Gasteiger charge is -2.09. The second kappa shape index (κ2) is 9.15. The van der Waals surface area contributed by atoms with Crippen LogP contribution in [-0.2, 0) is 19.4 Å². The van der Waals surface area contributed by atoms with Gasteiger partial charge in [0, 0.05) is 18.5 Å². The predicted octanol–water partition coefficient (Wildman–Crippen LogP) is 4.04. The minimum Gasteiger partial charge on any atom is -0.493 e. The van der Waals surface area contributed by atoms with E-state index in [2.05, 4.69) is 23.5 Å². The Morgan fingerprint density at radius 2 is 1.97 bits per heavy atom. The van der Waals surface area contributed by atoms with Crippen molar-refractivity contribution < 1.29 is 14.3 Å². The molecule has 1 N–H and O–H groups in total. The summed E-state index contributed by atoms with van der Waals surface area (Å²) >= 11 is 0. The quantitative estimate of drug-likeness (QED) is 0.652. The van der Waals surface area contributed by atoms with Gasteiger partial charge < -0.3 is 14.8 Å². The molecule has 3 aromatic carbocycles. The summed E-state index contributed by atoms with van der Waals surface area (Å²) in [6.45, 7) is 1.65. The fourth-order valence-corrected chi connectivity index (χ4v) is 3.44. The summed E-state index contributed by atoms with van der Waals surface area (Å²) in [5.41, 5.74) is 4.48.